The molecule has 0 aliphatic heterocycles. The number of fused-ring (bicyclic) bond motifs is 1. The fourth-order valence-corrected chi connectivity index (χ4v) is 1.66. The van der Waals surface area contributed by atoms with E-state index in [0.29, 0.717) is 13.2 Å². The summed E-state index contributed by atoms with van der Waals surface area (Å²) in [5, 5.41) is 2.28. The highest BCUT2D eigenvalue weighted by Crippen LogP contribution is 2.24. The molecule has 0 radical (unpaired) electrons. The van der Waals surface area contributed by atoms with Gasteiger partial charge in [-0.2, -0.15) is 0 Å². The van der Waals surface area contributed by atoms with Gasteiger partial charge in [0, 0.05) is 7.11 Å². The van der Waals surface area contributed by atoms with Gasteiger partial charge in [-0.3, -0.25) is 0 Å². The zero-order valence-corrected chi connectivity index (χ0v) is 10.1. The summed E-state index contributed by atoms with van der Waals surface area (Å²) in [5.74, 6) is 1.73. The van der Waals surface area contributed by atoms with Crippen molar-refractivity contribution in [2.45, 2.75) is 0 Å². The summed E-state index contributed by atoms with van der Waals surface area (Å²) in [7, 11) is 3.33. The zero-order valence-electron chi connectivity index (χ0n) is 10.1. The van der Waals surface area contributed by atoms with E-state index in [0.717, 1.165) is 22.3 Å². The maximum absolute atomic E-state index is 5.55. The van der Waals surface area contributed by atoms with Crippen molar-refractivity contribution in [2.24, 2.45) is 0 Å². The van der Waals surface area contributed by atoms with E-state index in [9.17, 15) is 0 Å². The second-order valence-corrected chi connectivity index (χ2v) is 3.72. The van der Waals surface area contributed by atoms with Gasteiger partial charge in [0.1, 0.15) is 18.1 Å². The Morgan fingerprint density at radius 3 is 2.12 bits per heavy atom. The molecular formula is C14H16O3. The number of methoxy groups -OCH3 is 2. The Labute approximate surface area is 101 Å². The van der Waals surface area contributed by atoms with Crippen LogP contribution in [0.1, 0.15) is 0 Å². The van der Waals surface area contributed by atoms with Crippen LogP contribution in [0.15, 0.2) is 36.4 Å². The van der Waals surface area contributed by atoms with Crippen LogP contribution in [0.4, 0.5) is 0 Å². The average Bonchev–Trinajstić information content (AvgIpc) is 2.38. The minimum atomic E-state index is 0.568. The van der Waals surface area contributed by atoms with Crippen LogP contribution < -0.4 is 9.47 Å². The molecule has 0 fully saturated rings. The number of hydrogen-bond acceptors (Lipinski definition) is 3. The number of ether oxygens (including phenoxy) is 3. The Kier molecular flexibility index (Phi) is 3.83. The lowest BCUT2D eigenvalue weighted by atomic mass is 10.1. The molecule has 2 rings (SSSR count). The van der Waals surface area contributed by atoms with Crippen molar-refractivity contribution >= 4 is 10.8 Å². The molecule has 0 N–H and O–H groups in total. The molecule has 0 atom stereocenters. The predicted molar refractivity (Wildman–Crippen MR) is 67.9 cm³/mol. The Bertz CT molecular complexity index is 494. The molecule has 0 bridgehead atoms. The summed E-state index contributed by atoms with van der Waals surface area (Å²) < 4.78 is 15.7. The second-order valence-electron chi connectivity index (χ2n) is 3.72. The lowest BCUT2D eigenvalue weighted by Gasteiger charge is -2.07. The number of benzene rings is 2. The van der Waals surface area contributed by atoms with E-state index in [4.69, 9.17) is 14.2 Å². The first-order valence-electron chi connectivity index (χ1n) is 5.53. The molecule has 0 aliphatic carbocycles. The highest BCUT2D eigenvalue weighted by atomic mass is 16.5. The van der Waals surface area contributed by atoms with E-state index in [2.05, 4.69) is 0 Å². The Hall–Kier alpha value is -1.74. The minimum Gasteiger partial charge on any atom is -0.497 e. The van der Waals surface area contributed by atoms with Gasteiger partial charge >= 0.3 is 0 Å². The molecule has 17 heavy (non-hydrogen) atoms. The predicted octanol–water partition coefficient (Wildman–Crippen LogP) is 2.87. The summed E-state index contributed by atoms with van der Waals surface area (Å²) in [6.45, 7) is 1.17. The van der Waals surface area contributed by atoms with E-state index in [1.54, 1.807) is 14.2 Å². The molecule has 0 aromatic heterocycles. The first-order chi connectivity index (χ1) is 8.33. The third kappa shape index (κ3) is 2.88. The van der Waals surface area contributed by atoms with Crippen LogP contribution in [0, 0.1) is 0 Å². The molecule has 0 aliphatic rings. The van der Waals surface area contributed by atoms with Gasteiger partial charge in [0.2, 0.25) is 0 Å². The molecule has 3 heteroatoms. The Morgan fingerprint density at radius 1 is 0.824 bits per heavy atom. The summed E-state index contributed by atoms with van der Waals surface area (Å²) >= 11 is 0. The van der Waals surface area contributed by atoms with Crippen LogP contribution in [0.25, 0.3) is 10.8 Å². The fraction of sp³-hybridized carbons (Fsp3) is 0.286. The van der Waals surface area contributed by atoms with Gasteiger partial charge < -0.3 is 14.2 Å². The van der Waals surface area contributed by atoms with Gasteiger partial charge in [0.15, 0.2) is 0 Å². The van der Waals surface area contributed by atoms with Gasteiger partial charge in [0.05, 0.1) is 13.7 Å². The smallest absolute Gasteiger partial charge is 0.120 e. The van der Waals surface area contributed by atoms with Crippen molar-refractivity contribution in [3.05, 3.63) is 36.4 Å². The SMILES string of the molecule is COCCOc1ccc2cc(OC)ccc2c1. The van der Waals surface area contributed by atoms with E-state index in [1.165, 1.54) is 0 Å². The van der Waals surface area contributed by atoms with Crippen molar-refractivity contribution < 1.29 is 14.2 Å². The second kappa shape index (κ2) is 5.55. The highest BCUT2D eigenvalue weighted by molar-refractivity contribution is 5.85. The minimum absolute atomic E-state index is 0.568. The van der Waals surface area contributed by atoms with Crippen LogP contribution in [0.2, 0.25) is 0 Å². The summed E-state index contributed by atoms with van der Waals surface area (Å²) in [4.78, 5) is 0. The molecule has 0 spiro atoms. The van der Waals surface area contributed by atoms with Crippen molar-refractivity contribution in [1.82, 2.24) is 0 Å². The van der Waals surface area contributed by atoms with E-state index in [1.807, 2.05) is 36.4 Å². The van der Waals surface area contributed by atoms with Crippen LogP contribution in [-0.2, 0) is 4.74 Å². The summed E-state index contributed by atoms with van der Waals surface area (Å²) in [6, 6.07) is 12.0. The standard InChI is InChI=1S/C14H16O3/c1-15-7-8-17-14-6-4-11-9-13(16-2)5-3-12(11)10-14/h3-6,9-10H,7-8H2,1-2H3. The fourth-order valence-electron chi connectivity index (χ4n) is 1.66. The van der Waals surface area contributed by atoms with Crippen molar-refractivity contribution in [3.8, 4) is 11.5 Å². The number of rotatable bonds is 5. The van der Waals surface area contributed by atoms with E-state index in [-0.39, 0.29) is 0 Å². The molecule has 2 aromatic carbocycles. The maximum atomic E-state index is 5.55. The van der Waals surface area contributed by atoms with Crippen LogP contribution in [0.3, 0.4) is 0 Å². The quantitative estimate of drug-likeness (QED) is 0.742. The molecule has 3 nitrogen and oxygen atoms in total. The molecule has 2 aromatic rings. The van der Waals surface area contributed by atoms with Gasteiger partial charge in [-0.05, 0) is 35.0 Å². The Morgan fingerprint density at radius 2 is 1.47 bits per heavy atom. The van der Waals surface area contributed by atoms with Crippen molar-refractivity contribution in [3.63, 3.8) is 0 Å². The Balaban J connectivity index is 2.19. The van der Waals surface area contributed by atoms with Crippen molar-refractivity contribution in [2.75, 3.05) is 27.4 Å². The highest BCUT2D eigenvalue weighted by Gasteiger charge is 1.99. The third-order valence-electron chi connectivity index (χ3n) is 2.58. The number of hydrogen-bond donors (Lipinski definition) is 0. The van der Waals surface area contributed by atoms with Crippen LogP contribution >= 0.6 is 0 Å². The van der Waals surface area contributed by atoms with Gasteiger partial charge in [-0.1, -0.05) is 12.1 Å². The molecule has 0 unspecified atom stereocenters. The molecule has 0 heterocycles. The lowest BCUT2D eigenvalue weighted by molar-refractivity contribution is 0.146. The van der Waals surface area contributed by atoms with Gasteiger partial charge in [-0.15, -0.1) is 0 Å². The molecule has 0 saturated heterocycles. The molecular weight excluding hydrogens is 216 g/mol. The lowest BCUT2D eigenvalue weighted by Crippen LogP contribution is -2.03. The third-order valence-corrected chi connectivity index (χ3v) is 2.58. The van der Waals surface area contributed by atoms with E-state index < -0.39 is 0 Å². The average molecular weight is 232 g/mol. The zero-order chi connectivity index (χ0) is 12.1. The first kappa shape index (κ1) is 11.7. The summed E-state index contributed by atoms with van der Waals surface area (Å²) in [5.41, 5.74) is 0. The normalized spacial score (nSPS) is 10.5. The van der Waals surface area contributed by atoms with Crippen molar-refractivity contribution in [1.29, 1.82) is 0 Å². The largest absolute Gasteiger partial charge is 0.497 e. The maximum Gasteiger partial charge on any atom is 0.120 e. The molecule has 0 saturated carbocycles. The molecule has 0 amide bonds. The monoisotopic (exact) mass is 232 g/mol. The van der Waals surface area contributed by atoms with Gasteiger partial charge in [-0.25, -0.2) is 0 Å². The molecule has 90 valence electrons. The van der Waals surface area contributed by atoms with E-state index >= 15 is 0 Å². The topological polar surface area (TPSA) is 27.7 Å². The van der Waals surface area contributed by atoms with Crippen LogP contribution in [0.5, 0.6) is 11.5 Å². The van der Waals surface area contributed by atoms with Crippen LogP contribution in [-0.4, -0.2) is 27.4 Å². The first-order valence-corrected chi connectivity index (χ1v) is 5.53. The summed E-state index contributed by atoms with van der Waals surface area (Å²) in [6.07, 6.45) is 0. The van der Waals surface area contributed by atoms with Gasteiger partial charge in [0.25, 0.3) is 0 Å².